The molecule has 0 amide bonds. The van der Waals surface area contributed by atoms with Crippen LogP contribution in [0, 0.1) is 0 Å². The molecule has 0 aliphatic carbocycles. The predicted molar refractivity (Wildman–Crippen MR) is 124 cm³/mol. The van der Waals surface area contributed by atoms with E-state index in [1.165, 1.54) is 38.5 Å². The third kappa shape index (κ3) is 10.2. The summed E-state index contributed by atoms with van der Waals surface area (Å²) in [7, 11) is 0. The third-order valence-electron chi connectivity index (χ3n) is 4.86. The zero-order chi connectivity index (χ0) is 20.6. The van der Waals surface area contributed by atoms with Crippen LogP contribution in [0.5, 0.6) is 11.5 Å². The van der Waals surface area contributed by atoms with E-state index in [1.807, 2.05) is 54.7 Å². The summed E-state index contributed by atoms with van der Waals surface area (Å²) in [6.07, 6.45) is 13.2. The summed E-state index contributed by atoms with van der Waals surface area (Å²) in [5.41, 5.74) is 1.99. The Balaban J connectivity index is 1.67. The molecule has 29 heavy (non-hydrogen) atoms. The lowest BCUT2D eigenvalue weighted by Gasteiger charge is -2.06. The molecule has 0 bridgehead atoms. The Labute approximate surface area is 177 Å². The second kappa shape index (κ2) is 14.7. The van der Waals surface area contributed by atoms with Crippen LogP contribution in [-0.4, -0.2) is 19.4 Å². The lowest BCUT2D eigenvalue weighted by atomic mass is 10.1. The van der Waals surface area contributed by atoms with Gasteiger partial charge < -0.3 is 9.47 Å². The van der Waals surface area contributed by atoms with Gasteiger partial charge >= 0.3 is 0 Å². The second-order valence-corrected chi connectivity index (χ2v) is 7.49. The maximum Gasteiger partial charge on any atom is 0.119 e. The average molecular weight is 396 g/mol. The van der Waals surface area contributed by atoms with Gasteiger partial charge in [-0.15, -0.1) is 0 Å². The highest BCUT2D eigenvalue weighted by Gasteiger charge is 1.97. The van der Waals surface area contributed by atoms with Gasteiger partial charge in [0.05, 0.1) is 18.9 Å². The summed E-state index contributed by atoms with van der Waals surface area (Å²) in [5.74, 6) is 1.83. The summed E-state index contributed by atoms with van der Waals surface area (Å²) in [6.45, 7) is 5.99. The molecule has 0 aliphatic heterocycles. The average Bonchev–Trinajstić information content (AvgIpc) is 2.76. The standard InChI is InChI=1S/C26H37NO2/c1-3-5-7-8-9-10-11-21-29-26-18-14-24(15-19-26)27-22-23-12-16-25(17-13-23)28-20-6-4-2/h12-19,22H,3-11,20-21H2,1-2H3. The van der Waals surface area contributed by atoms with Crippen LogP contribution in [0.25, 0.3) is 0 Å². The van der Waals surface area contributed by atoms with E-state index in [2.05, 4.69) is 18.8 Å². The van der Waals surface area contributed by atoms with Crippen molar-refractivity contribution in [3.8, 4) is 11.5 Å². The Hall–Kier alpha value is -2.29. The van der Waals surface area contributed by atoms with E-state index in [4.69, 9.17) is 9.47 Å². The number of rotatable bonds is 15. The second-order valence-electron chi connectivity index (χ2n) is 7.49. The van der Waals surface area contributed by atoms with E-state index in [1.54, 1.807) is 0 Å². The van der Waals surface area contributed by atoms with Gasteiger partial charge in [0.2, 0.25) is 0 Å². The summed E-state index contributed by atoms with van der Waals surface area (Å²) >= 11 is 0. The first-order valence-corrected chi connectivity index (χ1v) is 11.3. The van der Waals surface area contributed by atoms with Crippen LogP contribution in [0.4, 0.5) is 5.69 Å². The van der Waals surface area contributed by atoms with E-state index >= 15 is 0 Å². The topological polar surface area (TPSA) is 30.8 Å². The number of ether oxygens (including phenoxy) is 2. The zero-order valence-electron chi connectivity index (χ0n) is 18.2. The van der Waals surface area contributed by atoms with Gasteiger partial charge in [0.15, 0.2) is 0 Å². The quantitative estimate of drug-likeness (QED) is 0.228. The molecule has 0 saturated carbocycles. The molecule has 0 atom stereocenters. The molecule has 0 aromatic heterocycles. The number of hydrogen-bond donors (Lipinski definition) is 0. The van der Waals surface area contributed by atoms with Crippen LogP contribution in [0.2, 0.25) is 0 Å². The smallest absolute Gasteiger partial charge is 0.119 e. The predicted octanol–water partition coefficient (Wildman–Crippen LogP) is 7.75. The minimum Gasteiger partial charge on any atom is -0.494 e. The van der Waals surface area contributed by atoms with Crippen molar-refractivity contribution in [3.63, 3.8) is 0 Å². The fourth-order valence-electron chi connectivity index (χ4n) is 3.01. The first-order valence-electron chi connectivity index (χ1n) is 11.3. The first-order chi connectivity index (χ1) is 14.3. The van der Waals surface area contributed by atoms with Crippen molar-refractivity contribution in [1.29, 1.82) is 0 Å². The molecule has 3 heteroatoms. The van der Waals surface area contributed by atoms with E-state index in [0.29, 0.717) is 0 Å². The van der Waals surface area contributed by atoms with Crippen LogP contribution in [0.1, 0.15) is 77.2 Å². The fourth-order valence-corrected chi connectivity index (χ4v) is 3.01. The van der Waals surface area contributed by atoms with Gasteiger partial charge in [-0.1, -0.05) is 58.8 Å². The Bertz CT molecular complexity index is 677. The van der Waals surface area contributed by atoms with E-state index < -0.39 is 0 Å². The molecule has 0 N–H and O–H groups in total. The number of nitrogens with zero attached hydrogens (tertiary/aromatic N) is 1. The Kier molecular flexibility index (Phi) is 11.6. The molecule has 0 saturated heterocycles. The van der Waals surface area contributed by atoms with E-state index in [-0.39, 0.29) is 0 Å². The van der Waals surface area contributed by atoms with Gasteiger partial charge in [-0.3, -0.25) is 4.99 Å². The van der Waals surface area contributed by atoms with Gasteiger partial charge in [0.25, 0.3) is 0 Å². The molecule has 3 nitrogen and oxygen atoms in total. The van der Waals surface area contributed by atoms with Crippen molar-refractivity contribution >= 4 is 11.9 Å². The van der Waals surface area contributed by atoms with Crippen molar-refractivity contribution in [2.45, 2.75) is 71.6 Å². The number of unbranched alkanes of at least 4 members (excludes halogenated alkanes) is 7. The highest BCUT2D eigenvalue weighted by atomic mass is 16.5. The van der Waals surface area contributed by atoms with Crippen LogP contribution >= 0.6 is 0 Å². The van der Waals surface area contributed by atoms with Crippen molar-refractivity contribution < 1.29 is 9.47 Å². The lowest BCUT2D eigenvalue weighted by Crippen LogP contribution is -1.97. The molecule has 0 spiro atoms. The van der Waals surface area contributed by atoms with Gasteiger partial charge in [-0.2, -0.15) is 0 Å². The lowest BCUT2D eigenvalue weighted by molar-refractivity contribution is 0.304. The molecule has 158 valence electrons. The van der Waals surface area contributed by atoms with E-state index in [9.17, 15) is 0 Å². The minimum atomic E-state index is 0.775. The van der Waals surface area contributed by atoms with Gasteiger partial charge in [-0.05, 0) is 66.9 Å². The molecule has 2 aromatic rings. The van der Waals surface area contributed by atoms with Crippen molar-refractivity contribution in [2.24, 2.45) is 4.99 Å². The van der Waals surface area contributed by atoms with Crippen LogP contribution in [0.3, 0.4) is 0 Å². The highest BCUT2D eigenvalue weighted by Crippen LogP contribution is 2.19. The van der Waals surface area contributed by atoms with E-state index in [0.717, 1.165) is 55.2 Å². The molecule has 2 aromatic carbocycles. The molecule has 2 rings (SSSR count). The van der Waals surface area contributed by atoms with Gasteiger partial charge in [0.1, 0.15) is 11.5 Å². The molecule has 0 heterocycles. The maximum absolute atomic E-state index is 5.84. The summed E-state index contributed by atoms with van der Waals surface area (Å²) in [5, 5.41) is 0. The maximum atomic E-state index is 5.84. The highest BCUT2D eigenvalue weighted by molar-refractivity contribution is 5.82. The molecule has 0 aliphatic rings. The third-order valence-corrected chi connectivity index (χ3v) is 4.86. The molecular formula is C26H37NO2. The molecule has 0 fully saturated rings. The monoisotopic (exact) mass is 395 g/mol. The fraction of sp³-hybridized carbons (Fsp3) is 0.500. The van der Waals surface area contributed by atoms with Crippen molar-refractivity contribution in [2.75, 3.05) is 13.2 Å². The van der Waals surface area contributed by atoms with Crippen molar-refractivity contribution in [1.82, 2.24) is 0 Å². The number of benzene rings is 2. The Morgan fingerprint density at radius 2 is 1.14 bits per heavy atom. The van der Waals surface area contributed by atoms with Gasteiger partial charge in [0, 0.05) is 6.21 Å². The van der Waals surface area contributed by atoms with Crippen LogP contribution < -0.4 is 9.47 Å². The minimum absolute atomic E-state index is 0.775. The number of aliphatic imine (C=N–C) groups is 1. The van der Waals surface area contributed by atoms with Crippen LogP contribution in [-0.2, 0) is 0 Å². The molecule has 0 radical (unpaired) electrons. The first kappa shape index (κ1) is 23.0. The normalized spacial score (nSPS) is 11.1. The summed E-state index contributed by atoms with van der Waals surface area (Å²) in [6, 6.07) is 16.1. The Morgan fingerprint density at radius 3 is 1.76 bits per heavy atom. The molecular weight excluding hydrogens is 358 g/mol. The largest absolute Gasteiger partial charge is 0.494 e. The summed E-state index contributed by atoms with van der Waals surface area (Å²) in [4.78, 5) is 4.55. The summed E-state index contributed by atoms with van der Waals surface area (Å²) < 4.78 is 11.5. The number of hydrogen-bond acceptors (Lipinski definition) is 3. The van der Waals surface area contributed by atoms with Crippen molar-refractivity contribution in [3.05, 3.63) is 54.1 Å². The van der Waals surface area contributed by atoms with Gasteiger partial charge in [-0.25, -0.2) is 0 Å². The Morgan fingerprint density at radius 1 is 0.621 bits per heavy atom. The SMILES string of the molecule is CCCCCCCCCOc1ccc(N=Cc2ccc(OCCCC)cc2)cc1. The zero-order valence-corrected chi connectivity index (χ0v) is 18.2. The van der Waals surface area contributed by atoms with Crippen LogP contribution in [0.15, 0.2) is 53.5 Å². The molecule has 0 unspecified atom stereocenters.